The van der Waals surface area contributed by atoms with Gasteiger partial charge in [0.05, 0.1) is 17.1 Å². The van der Waals surface area contributed by atoms with Crippen LogP contribution in [0, 0.1) is 6.92 Å². The van der Waals surface area contributed by atoms with Gasteiger partial charge in [-0.25, -0.2) is 18.4 Å². The van der Waals surface area contributed by atoms with Gasteiger partial charge in [0.25, 0.3) is 10.0 Å². The molecule has 0 unspecified atom stereocenters. The molecule has 5 rings (SSSR count). The lowest BCUT2D eigenvalue weighted by Gasteiger charge is -2.38. The summed E-state index contributed by atoms with van der Waals surface area (Å²) in [4.78, 5) is 11.9. The predicted octanol–water partition coefficient (Wildman–Crippen LogP) is 5.76. The summed E-state index contributed by atoms with van der Waals surface area (Å²) in [7, 11) is -3.98. The minimum atomic E-state index is -4.51. The summed E-state index contributed by atoms with van der Waals surface area (Å²) in [5, 5.41) is 0. The van der Waals surface area contributed by atoms with Crippen LogP contribution >= 0.6 is 0 Å². The zero-order valence-electron chi connectivity index (χ0n) is 20.5. The van der Waals surface area contributed by atoms with Crippen molar-refractivity contribution in [1.29, 1.82) is 0 Å². The van der Waals surface area contributed by atoms with Crippen molar-refractivity contribution >= 4 is 15.8 Å². The Balaban J connectivity index is 1.61. The summed E-state index contributed by atoms with van der Waals surface area (Å²) < 4.78 is 75.2. The molecule has 11 heteroatoms. The fourth-order valence-electron chi connectivity index (χ4n) is 4.64. The lowest BCUT2D eigenvalue weighted by Crippen LogP contribution is -2.32. The zero-order chi connectivity index (χ0) is 27.1. The van der Waals surface area contributed by atoms with Gasteiger partial charge in [0.2, 0.25) is 0 Å². The molecule has 0 amide bonds. The Morgan fingerprint density at radius 1 is 1.00 bits per heavy atom. The molecule has 3 heterocycles. The summed E-state index contributed by atoms with van der Waals surface area (Å²) in [6.07, 6.45) is 0.164. The smallest absolute Gasteiger partial charge is 0.416 e. The van der Waals surface area contributed by atoms with Gasteiger partial charge in [-0.2, -0.15) is 13.2 Å². The molecule has 1 aliphatic rings. The second kappa shape index (κ2) is 9.39. The first-order valence-electron chi connectivity index (χ1n) is 11.7. The average molecular weight is 541 g/mol. The molecule has 38 heavy (non-hydrogen) atoms. The van der Waals surface area contributed by atoms with Crippen LogP contribution in [-0.4, -0.2) is 30.0 Å². The van der Waals surface area contributed by atoms with Crippen molar-refractivity contribution in [3.63, 3.8) is 0 Å². The Bertz CT molecular complexity index is 1590. The van der Waals surface area contributed by atoms with Crippen molar-refractivity contribution in [3.8, 4) is 16.9 Å². The van der Waals surface area contributed by atoms with Gasteiger partial charge in [-0.3, -0.25) is 9.71 Å². The molecule has 1 aliphatic heterocycles. The number of sulfonamides is 1. The first kappa shape index (κ1) is 25.7. The lowest BCUT2D eigenvalue weighted by atomic mass is 9.70. The first-order valence-corrected chi connectivity index (χ1v) is 13.2. The second-order valence-electron chi connectivity index (χ2n) is 9.24. The monoisotopic (exact) mass is 540 g/mol. The SMILES string of the molecule is Cc1ccc(-c2cc(C(F)(F)F)ccc2[C@]2(C)CCOc3cc(S(=O)(=O)Nc4ccncn4)ccc32)cn1. The van der Waals surface area contributed by atoms with Crippen molar-refractivity contribution in [1.82, 2.24) is 15.0 Å². The van der Waals surface area contributed by atoms with E-state index in [4.69, 9.17) is 4.74 Å². The van der Waals surface area contributed by atoms with Gasteiger partial charge in [-0.15, -0.1) is 0 Å². The van der Waals surface area contributed by atoms with Gasteiger partial charge in [-0.1, -0.05) is 25.1 Å². The van der Waals surface area contributed by atoms with Crippen LogP contribution in [0.2, 0.25) is 0 Å². The number of benzene rings is 2. The van der Waals surface area contributed by atoms with Crippen molar-refractivity contribution in [2.75, 3.05) is 11.3 Å². The van der Waals surface area contributed by atoms with Crippen molar-refractivity contribution in [2.45, 2.75) is 36.8 Å². The third-order valence-corrected chi connectivity index (χ3v) is 8.05. The zero-order valence-corrected chi connectivity index (χ0v) is 21.3. The Morgan fingerprint density at radius 3 is 2.47 bits per heavy atom. The van der Waals surface area contributed by atoms with E-state index in [0.717, 1.165) is 17.8 Å². The molecule has 2 aromatic heterocycles. The highest BCUT2D eigenvalue weighted by atomic mass is 32.2. The highest BCUT2D eigenvalue weighted by Crippen LogP contribution is 2.48. The number of hydrogen-bond donors (Lipinski definition) is 1. The largest absolute Gasteiger partial charge is 0.493 e. The van der Waals surface area contributed by atoms with E-state index in [1.54, 1.807) is 31.3 Å². The number of halogens is 3. The highest BCUT2D eigenvalue weighted by molar-refractivity contribution is 7.92. The number of fused-ring (bicyclic) bond motifs is 1. The number of hydrogen-bond acceptors (Lipinski definition) is 6. The molecule has 7 nitrogen and oxygen atoms in total. The van der Waals surface area contributed by atoms with Gasteiger partial charge in [0.15, 0.2) is 0 Å². The minimum absolute atomic E-state index is 0.0329. The molecule has 2 aromatic carbocycles. The average Bonchev–Trinajstić information content (AvgIpc) is 2.88. The Labute approximate surface area is 217 Å². The number of aryl methyl sites for hydroxylation is 1. The molecule has 196 valence electrons. The summed E-state index contributed by atoms with van der Waals surface area (Å²) in [5.74, 6) is 0.460. The van der Waals surface area contributed by atoms with Crippen LogP contribution in [0.5, 0.6) is 5.75 Å². The molecule has 1 atom stereocenters. The minimum Gasteiger partial charge on any atom is -0.493 e. The molecule has 1 N–H and O–H groups in total. The van der Waals surface area contributed by atoms with E-state index in [0.29, 0.717) is 34.4 Å². The van der Waals surface area contributed by atoms with Crippen LogP contribution in [0.25, 0.3) is 11.1 Å². The fraction of sp³-hybridized carbons (Fsp3) is 0.222. The molecular formula is C27H23F3N4O3S. The van der Waals surface area contributed by atoms with Crippen LogP contribution in [-0.2, 0) is 21.6 Å². The number of pyridine rings is 1. The summed E-state index contributed by atoms with van der Waals surface area (Å²) >= 11 is 0. The number of rotatable bonds is 5. The third kappa shape index (κ3) is 4.81. The van der Waals surface area contributed by atoms with Crippen molar-refractivity contribution < 1.29 is 26.3 Å². The number of aromatic nitrogens is 3. The number of anilines is 1. The number of alkyl halides is 3. The molecule has 0 aliphatic carbocycles. The van der Waals surface area contributed by atoms with E-state index in [1.807, 2.05) is 6.92 Å². The van der Waals surface area contributed by atoms with Gasteiger partial charge in [0.1, 0.15) is 17.9 Å². The van der Waals surface area contributed by atoms with E-state index in [-0.39, 0.29) is 17.3 Å². The van der Waals surface area contributed by atoms with Crippen LogP contribution in [0.3, 0.4) is 0 Å². The second-order valence-corrected chi connectivity index (χ2v) is 10.9. The first-order chi connectivity index (χ1) is 18.0. The maximum atomic E-state index is 13.7. The lowest BCUT2D eigenvalue weighted by molar-refractivity contribution is -0.137. The highest BCUT2D eigenvalue weighted by Gasteiger charge is 2.39. The molecule has 0 saturated carbocycles. The molecule has 4 aromatic rings. The molecule has 0 fully saturated rings. The van der Waals surface area contributed by atoms with E-state index < -0.39 is 27.2 Å². The topological polar surface area (TPSA) is 94.1 Å². The third-order valence-electron chi connectivity index (χ3n) is 6.70. The Morgan fingerprint density at radius 2 is 1.79 bits per heavy atom. The Kier molecular flexibility index (Phi) is 6.34. The number of ether oxygens (including phenoxy) is 1. The van der Waals surface area contributed by atoms with Crippen LogP contribution in [0.15, 0.2) is 78.2 Å². The standard InChI is InChI=1S/C27H23F3N4O3S/c1-17-3-4-18(15-32-17)21-13-19(27(28,29)30)5-7-22(21)26(2)10-12-37-24-14-20(6-8-23(24)26)38(35,36)34-25-9-11-31-16-33-25/h3-9,11,13-16H,10,12H2,1-2H3,(H,31,33,34)/t26-/m0/s1. The normalized spacial score (nSPS) is 17.4. The summed E-state index contributed by atoms with van der Waals surface area (Å²) in [6.45, 7) is 3.98. The Hall–Kier alpha value is -3.99. The number of nitrogens with one attached hydrogen (secondary N) is 1. The summed E-state index contributed by atoms with van der Waals surface area (Å²) in [6, 6.07) is 13.2. The van der Waals surface area contributed by atoms with Crippen LogP contribution < -0.4 is 9.46 Å². The van der Waals surface area contributed by atoms with Crippen LogP contribution in [0.4, 0.5) is 19.0 Å². The maximum absolute atomic E-state index is 13.7. The van der Waals surface area contributed by atoms with Crippen LogP contribution in [0.1, 0.15) is 35.7 Å². The molecule has 0 saturated heterocycles. The van der Waals surface area contributed by atoms with Crippen molar-refractivity contribution in [2.24, 2.45) is 0 Å². The molecular weight excluding hydrogens is 517 g/mol. The molecule has 0 bridgehead atoms. The van der Waals surface area contributed by atoms with Gasteiger partial charge in [-0.05, 0) is 54.8 Å². The maximum Gasteiger partial charge on any atom is 0.416 e. The predicted molar refractivity (Wildman–Crippen MR) is 135 cm³/mol. The van der Waals surface area contributed by atoms with E-state index in [9.17, 15) is 21.6 Å². The number of nitrogens with zero attached hydrogens (tertiary/aromatic N) is 3. The quantitative estimate of drug-likeness (QED) is 0.346. The van der Waals surface area contributed by atoms with Gasteiger partial charge < -0.3 is 4.74 Å². The molecule has 0 spiro atoms. The van der Waals surface area contributed by atoms with E-state index in [2.05, 4.69) is 19.7 Å². The van der Waals surface area contributed by atoms with Gasteiger partial charge in [0, 0.05) is 40.7 Å². The molecule has 0 radical (unpaired) electrons. The fourth-order valence-corrected chi connectivity index (χ4v) is 5.66. The van der Waals surface area contributed by atoms with E-state index >= 15 is 0 Å². The van der Waals surface area contributed by atoms with E-state index in [1.165, 1.54) is 36.8 Å². The van der Waals surface area contributed by atoms with Gasteiger partial charge >= 0.3 is 6.18 Å². The summed E-state index contributed by atoms with van der Waals surface area (Å²) in [5.41, 5.74) is 1.52. The van der Waals surface area contributed by atoms with Crippen molar-refractivity contribution in [3.05, 3.63) is 95.7 Å².